The number of hydrogen-bond donors (Lipinski definition) is 1. The standard InChI is InChI=1S/C14H20FNO/c1-2-7-16-9-12-5-6-14(13(15)8-12)17-10-11-3-4-11/h5-6,8,11,16H,2-4,7,9-10H2,1H3. The average molecular weight is 237 g/mol. The van der Waals surface area contributed by atoms with Crippen LogP contribution >= 0.6 is 0 Å². The normalized spacial score (nSPS) is 14.9. The fourth-order valence-electron chi connectivity index (χ4n) is 1.67. The quantitative estimate of drug-likeness (QED) is 0.736. The molecule has 0 spiro atoms. The smallest absolute Gasteiger partial charge is 0.165 e. The van der Waals surface area contributed by atoms with E-state index in [4.69, 9.17) is 4.74 Å². The van der Waals surface area contributed by atoms with Crippen molar-refractivity contribution in [2.75, 3.05) is 13.2 Å². The second-order valence-electron chi connectivity index (χ2n) is 4.70. The lowest BCUT2D eigenvalue weighted by molar-refractivity contribution is 0.285. The van der Waals surface area contributed by atoms with Gasteiger partial charge in [-0.1, -0.05) is 13.0 Å². The van der Waals surface area contributed by atoms with Crippen molar-refractivity contribution >= 4 is 0 Å². The zero-order chi connectivity index (χ0) is 12.1. The highest BCUT2D eigenvalue weighted by Gasteiger charge is 2.22. The van der Waals surface area contributed by atoms with Gasteiger partial charge in [0, 0.05) is 6.54 Å². The van der Waals surface area contributed by atoms with Gasteiger partial charge in [-0.25, -0.2) is 4.39 Å². The number of halogens is 1. The predicted octanol–water partition coefficient (Wildman–Crippen LogP) is 3.11. The second kappa shape index (κ2) is 6.01. The summed E-state index contributed by atoms with van der Waals surface area (Å²) in [6, 6.07) is 5.22. The molecule has 0 amide bonds. The molecule has 0 unspecified atom stereocenters. The van der Waals surface area contributed by atoms with Crippen LogP contribution in [0, 0.1) is 11.7 Å². The van der Waals surface area contributed by atoms with Crippen LogP contribution in [0.4, 0.5) is 4.39 Å². The number of nitrogens with one attached hydrogen (secondary N) is 1. The molecule has 0 atom stereocenters. The van der Waals surface area contributed by atoms with Gasteiger partial charge >= 0.3 is 0 Å². The summed E-state index contributed by atoms with van der Waals surface area (Å²) in [5, 5.41) is 3.25. The topological polar surface area (TPSA) is 21.3 Å². The van der Waals surface area contributed by atoms with E-state index in [0.717, 1.165) is 18.5 Å². The molecule has 0 aromatic heterocycles. The number of hydrogen-bond acceptors (Lipinski definition) is 2. The summed E-state index contributed by atoms with van der Waals surface area (Å²) >= 11 is 0. The third kappa shape index (κ3) is 4.00. The Morgan fingerprint density at radius 2 is 2.24 bits per heavy atom. The highest BCUT2D eigenvalue weighted by Crippen LogP contribution is 2.30. The van der Waals surface area contributed by atoms with Crippen LogP contribution in [0.1, 0.15) is 31.7 Å². The van der Waals surface area contributed by atoms with E-state index >= 15 is 0 Å². The van der Waals surface area contributed by atoms with Gasteiger partial charge in [-0.05, 0) is 49.4 Å². The van der Waals surface area contributed by atoms with Gasteiger partial charge in [0.15, 0.2) is 11.6 Å². The molecule has 3 heteroatoms. The maximum Gasteiger partial charge on any atom is 0.165 e. The van der Waals surface area contributed by atoms with Gasteiger partial charge < -0.3 is 10.1 Å². The van der Waals surface area contributed by atoms with E-state index in [1.54, 1.807) is 12.1 Å². The summed E-state index contributed by atoms with van der Waals surface area (Å²) in [5.74, 6) is 0.790. The first-order valence-electron chi connectivity index (χ1n) is 6.41. The summed E-state index contributed by atoms with van der Waals surface area (Å²) in [6.07, 6.45) is 3.53. The first-order valence-corrected chi connectivity index (χ1v) is 6.41. The molecule has 1 aromatic carbocycles. The molecule has 94 valence electrons. The maximum atomic E-state index is 13.7. The molecule has 0 bridgehead atoms. The lowest BCUT2D eigenvalue weighted by Crippen LogP contribution is -2.14. The summed E-state index contributed by atoms with van der Waals surface area (Å²) in [4.78, 5) is 0. The largest absolute Gasteiger partial charge is 0.490 e. The molecule has 2 rings (SSSR count). The molecule has 0 saturated heterocycles. The van der Waals surface area contributed by atoms with Crippen LogP contribution in [0.25, 0.3) is 0 Å². The monoisotopic (exact) mass is 237 g/mol. The fourth-order valence-corrected chi connectivity index (χ4v) is 1.67. The van der Waals surface area contributed by atoms with E-state index in [0.29, 0.717) is 24.8 Å². The van der Waals surface area contributed by atoms with Crippen molar-refractivity contribution in [3.05, 3.63) is 29.6 Å². The molecule has 0 heterocycles. The molecule has 17 heavy (non-hydrogen) atoms. The number of ether oxygens (including phenoxy) is 1. The molecule has 1 N–H and O–H groups in total. The Bertz CT molecular complexity index is 363. The van der Waals surface area contributed by atoms with E-state index in [2.05, 4.69) is 12.2 Å². The SMILES string of the molecule is CCCNCc1ccc(OCC2CC2)c(F)c1. The molecular weight excluding hydrogens is 217 g/mol. The molecule has 0 radical (unpaired) electrons. The minimum absolute atomic E-state index is 0.249. The zero-order valence-electron chi connectivity index (χ0n) is 10.3. The van der Waals surface area contributed by atoms with Gasteiger partial charge in [0.2, 0.25) is 0 Å². The second-order valence-corrected chi connectivity index (χ2v) is 4.70. The van der Waals surface area contributed by atoms with E-state index in [9.17, 15) is 4.39 Å². The van der Waals surface area contributed by atoms with Crippen molar-refractivity contribution in [1.82, 2.24) is 5.32 Å². The zero-order valence-corrected chi connectivity index (χ0v) is 10.3. The van der Waals surface area contributed by atoms with Gasteiger partial charge in [0.25, 0.3) is 0 Å². The molecular formula is C14H20FNO. The van der Waals surface area contributed by atoms with Crippen LogP contribution in [0.2, 0.25) is 0 Å². The first kappa shape index (κ1) is 12.4. The molecule has 1 aromatic rings. The number of rotatable bonds is 7. The highest BCUT2D eigenvalue weighted by atomic mass is 19.1. The van der Waals surface area contributed by atoms with Crippen molar-refractivity contribution in [2.45, 2.75) is 32.7 Å². The van der Waals surface area contributed by atoms with Crippen LogP contribution < -0.4 is 10.1 Å². The Hall–Kier alpha value is -1.09. The Kier molecular flexibility index (Phi) is 4.37. The lowest BCUT2D eigenvalue weighted by Gasteiger charge is -2.08. The van der Waals surface area contributed by atoms with Crippen molar-refractivity contribution in [2.24, 2.45) is 5.92 Å². The lowest BCUT2D eigenvalue weighted by atomic mass is 10.2. The molecule has 1 saturated carbocycles. The van der Waals surface area contributed by atoms with Crippen LogP contribution in [-0.2, 0) is 6.54 Å². The van der Waals surface area contributed by atoms with E-state index in [1.807, 2.05) is 6.07 Å². The van der Waals surface area contributed by atoms with Crippen LogP contribution in [0.15, 0.2) is 18.2 Å². The van der Waals surface area contributed by atoms with Gasteiger partial charge in [0.1, 0.15) is 0 Å². The molecule has 0 aliphatic heterocycles. The molecule has 1 fully saturated rings. The summed E-state index contributed by atoms with van der Waals surface area (Å²) in [5.41, 5.74) is 0.967. The van der Waals surface area contributed by atoms with Gasteiger partial charge in [-0.15, -0.1) is 0 Å². The van der Waals surface area contributed by atoms with Gasteiger partial charge in [-0.3, -0.25) is 0 Å². The van der Waals surface area contributed by atoms with Crippen molar-refractivity contribution in [3.8, 4) is 5.75 Å². The van der Waals surface area contributed by atoms with Crippen molar-refractivity contribution in [1.29, 1.82) is 0 Å². The summed E-state index contributed by atoms with van der Waals surface area (Å²) in [7, 11) is 0. The third-order valence-corrected chi connectivity index (χ3v) is 2.92. The van der Waals surface area contributed by atoms with E-state index in [1.165, 1.54) is 12.8 Å². The fraction of sp³-hybridized carbons (Fsp3) is 0.571. The first-order chi connectivity index (χ1) is 8.29. The Balaban J connectivity index is 1.85. The predicted molar refractivity (Wildman–Crippen MR) is 66.6 cm³/mol. The van der Waals surface area contributed by atoms with Crippen LogP contribution in [0.5, 0.6) is 5.75 Å². The van der Waals surface area contributed by atoms with Gasteiger partial charge in [-0.2, -0.15) is 0 Å². The number of benzene rings is 1. The Morgan fingerprint density at radius 1 is 1.41 bits per heavy atom. The summed E-state index contributed by atoms with van der Waals surface area (Å²) in [6.45, 7) is 4.45. The minimum Gasteiger partial charge on any atom is -0.490 e. The average Bonchev–Trinajstić information content (AvgIpc) is 3.12. The van der Waals surface area contributed by atoms with E-state index < -0.39 is 0 Å². The van der Waals surface area contributed by atoms with Crippen molar-refractivity contribution in [3.63, 3.8) is 0 Å². The van der Waals surface area contributed by atoms with Crippen molar-refractivity contribution < 1.29 is 9.13 Å². The maximum absolute atomic E-state index is 13.7. The van der Waals surface area contributed by atoms with E-state index in [-0.39, 0.29) is 5.82 Å². The Morgan fingerprint density at radius 3 is 2.88 bits per heavy atom. The minimum atomic E-state index is -0.249. The van der Waals surface area contributed by atoms with Crippen LogP contribution in [0.3, 0.4) is 0 Å². The third-order valence-electron chi connectivity index (χ3n) is 2.92. The molecule has 1 aliphatic rings. The molecule has 2 nitrogen and oxygen atoms in total. The summed E-state index contributed by atoms with van der Waals surface area (Å²) < 4.78 is 19.1. The Labute approximate surface area is 102 Å². The molecule has 1 aliphatic carbocycles. The van der Waals surface area contributed by atoms with Gasteiger partial charge in [0.05, 0.1) is 6.61 Å². The highest BCUT2D eigenvalue weighted by molar-refractivity contribution is 5.29. The van der Waals surface area contributed by atoms with Crippen LogP contribution in [-0.4, -0.2) is 13.2 Å².